The fourth-order valence-corrected chi connectivity index (χ4v) is 2.23. The highest BCUT2D eigenvalue weighted by Gasteiger charge is 2.24. The van der Waals surface area contributed by atoms with Crippen LogP contribution in [0.4, 0.5) is 0 Å². The van der Waals surface area contributed by atoms with E-state index >= 15 is 0 Å². The largest absolute Gasteiger partial charge is 0.0725 e. The molecule has 0 nitrogen and oxygen atoms in total. The first-order chi connectivity index (χ1) is 5.94. The molecule has 0 N–H and O–H groups in total. The van der Waals surface area contributed by atoms with Crippen molar-refractivity contribution in [3.63, 3.8) is 0 Å². The van der Waals surface area contributed by atoms with Crippen molar-refractivity contribution in [3.8, 4) is 0 Å². The van der Waals surface area contributed by atoms with Crippen molar-refractivity contribution in [2.45, 2.75) is 53.9 Å². The van der Waals surface area contributed by atoms with E-state index in [1.165, 1.54) is 19.3 Å². The van der Waals surface area contributed by atoms with Gasteiger partial charge in [0.05, 0.1) is 0 Å². The summed E-state index contributed by atoms with van der Waals surface area (Å²) in [6.07, 6.45) is 6.09. The zero-order valence-electron chi connectivity index (χ0n) is 9.70. The maximum absolute atomic E-state index is 2.39. The first kappa shape index (κ1) is 10.6. The van der Waals surface area contributed by atoms with Crippen LogP contribution in [0.15, 0.2) is 22.8 Å². The predicted octanol–water partition coefficient (Wildman–Crippen LogP) is 4.73. The van der Waals surface area contributed by atoms with Crippen LogP contribution in [0, 0.1) is 5.41 Å². The fraction of sp³-hybridized carbons (Fsp3) is 0.692. The van der Waals surface area contributed by atoms with Gasteiger partial charge in [-0.05, 0) is 44.1 Å². The molecule has 0 atom stereocenters. The Kier molecular flexibility index (Phi) is 3.00. The minimum absolute atomic E-state index is 0. The van der Waals surface area contributed by atoms with Crippen molar-refractivity contribution in [2.75, 3.05) is 0 Å². The Morgan fingerprint density at radius 1 is 1.46 bits per heavy atom. The monoisotopic (exact) mass is 180 g/mol. The second kappa shape index (κ2) is 3.69. The Hall–Kier alpha value is -0.520. The quantitative estimate of drug-likeness (QED) is 0.547. The SMILES string of the molecule is CC/C(C)=C1\C=C(C)CC(C)(C)C1.[HH]. The molecule has 0 aliphatic heterocycles. The summed E-state index contributed by atoms with van der Waals surface area (Å²) in [7, 11) is 0. The van der Waals surface area contributed by atoms with Gasteiger partial charge in [0, 0.05) is 1.43 Å². The lowest BCUT2D eigenvalue weighted by atomic mass is 9.74. The molecule has 1 aliphatic rings. The van der Waals surface area contributed by atoms with Crippen LogP contribution in [0.2, 0.25) is 0 Å². The van der Waals surface area contributed by atoms with Crippen molar-refractivity contribution in [1.82, 2.24) is 0 Å². The zero-order valence-corrected chi connectivity index (χ0v) is 9.70. The van der Waals surface area contributed by atoms with Crippen molar-refractivity contribution in [2.24, 2.45) is 5.41 Å². The summed E-state index contributed by atoms with van der Waals surface area (Å²) in [5.74, 6) is 0. The molecule has 0 amide bonds. The van der Waals surface area contributed by atoms with Gasteiger partial charge in [-0.2, -0.15) is 0 Å². The Morgan fingerprint density at radius 3 is 2.54 bits per heavy atom. The van der Waals surface area contributed by atoms with Gasteiger partial charge in [-0.1, -0.05) is 38.0 Å². The molecule has 0 aromatic carbocycles. The van der Waals surface area contributed by atoms with Gasteiger partial charge in [-0.25, -0.2) is 0 Å². The van der Waals surface area contributed by atoms with E-state index in [2.05, 4.69) is 40.7 Å². The molecular weight excluding hydrogens is 156 g/mol. The molecule has 0 heteroatoms. The maximum atomic E-state index is 2.39. The van der Waals surface area contributed by atoms with Gasteiger partial charge in [-0.3, -0.25) is 0 Å². The molecule has 0 radical (unpaired) electrons. The van der Waals surface area contributed by atoms with Crippen molar-refractivity contribution in [1.29, 1.82) is 0 Å². The molecule has 0 bridgehead atoms. The third-order valence-electron chi connectivity index (χ3n) is 2.93. The van der Waals surface area contributed by atoms with E-state index in [1.807, 2.05) is 0 Å². The second-order valence-electron chi connectivity index (χ2n) is 5.17. The van der Waals surface area contributed by atoms with E-state index < -0.39 is 0 Å². The summed E-state index contributed by atoms with van der Waals surface area (Å²) in [5, 5.41) is 0. The minimum Gasteiger partial charge on any atom is -0.0725 e. The van der Waals surface area contributed by atoms with E-state index in [0.717, 1.165) is 0 Å². The van der Waals surface area contributed by atoms with E-state index in [4.69, 9.17) is 0 Å². The summed E-state index contributed by atoms with van der Waals surface area (Å²) in [5.41, 5.74) is 5.16. The molecule has 0 fully saturated rings. The number of hydrogen-bond acceptors (Lipinski definition) is 0. The smallest absolute Gasteiger partial charge is 0 e. The van der Waals surface area contributed by atoms with Crippen LogP contribution in [0.3, 0.4) is 0 Å². The van der Waals surface area contributed by atoms with Gasteiger partial charge in [0.15, 0.2) is 0 Å². The number of allylic oxidation sites excluding steroid dienone is 4. The topological polar surface area (TPSA) is 0 Å². The van der Waals surface area contributed by atoms with Crippen LogP contribution in [0.5, 0.6) is 0 Å². The standard InChI is InChI=1S/C13H22.H2/c1-6-11(3)12-7-10(2)8-13(4,5)9-12;/h7H,6,8-9H2,1-5H3;1H/b12-11+;. The zero-order chi connectivity index (χ0) is 10.1. The summed E-state index contributed by atoms with van der Waals surface area (Å²) in [6, 6.07) is 0. The summed E-state index contributed by atoms with van der Waals surface area (Å²) < 4.78 is 0. The average Bonchev–Trinajstić information content (AvgIpc) is 1.99. The first-order valence-corrected chi connectivity index (χ1v) is 5.30. The van der Waals surface area contributed by atoms with Crippen LogP contribution < -0.4 is 0 Å². The molecule has 1 rings (SSSR count). The lowest BCUT2D eigenvalue weighted by Crippen LogP contribution is -2.17. The fourth-order valence-electron chi connectivity index (χ4n) is 2.23. The van der Waals surface area contributed by atoms with Crippen LogP contribution in [0.25, 0.3) is 0 Å². The molecule has 76 valence electrons. The molecule has 0 unspecified atom stereocenters. The summed E-state index contributed by atoms with van der Waals surface area (Å²) >= 11 is 0. The first-order valence-electron chi connectivity index (χ1n) is 5.30. The van der Waals surface area contributed by atoms with Crippen molar-refractivity contribution >= 4 is 0 Å². The Labute approximate surface area is 84.2 Å². The summed E-state index contributed by atoms with van der Waals surface area (Å²) in [6.45, 7) is 11.5. The van der Waals surface area contributed by atoms with Gasteiger partial charge in [-0.15, -0.1) is 0 Å². The van der Waals surface area contributed by atoms with Gasteiger partial charge in [0.25, 0.3) is 0 Å². The third kappa shape index (κ3) is 2.72. The van der Waals surface area contributed by atoms with Gasteiger partial charge in [0.2, 0.25) is 0 Å². The lowest BCUT2D eigenvalue weighted by Gasteiger charge is -2.31. The summed E-state index contributed by atoms with van der Waals surface area (Å²) in [4.78, 5) is 0. The van der Waals surface area contributed by atoms with E-state index in [-0.39, 0.29) is 1.43 Å². The third-order valence-corrected chi connectivity index (χ3v) is 2.93. The second-order valence-corrected chi connectivity index (χ2v) is 5.17. The normalized spacial score (nSPS) is 25.5. The molecule has 0 spiro atoms. The molecule has 13 heavy (non-hydrogen) atoms. The van der Waals surface area contributed by atoms with Crippen LogP contribution >= 0.6 is 0 Å². The van der Waals surface area contributed by atoms with Crippen molar-refractivity contribution < 1.29 is 1.43 Å². The predicted molar refractivity (Wildman–Crippen MR) is 61.9 cm³/mol. The van der Waals surface area contributed by atoms with Gasteiger partial charge >= 0.3 is 0 Å². The van der Waals surface area contributed by atoms with Crippen LogP contribution in [0.1, 0.15) is 55.3 Å². The van der Waals surface area contributed by atoms with E-state index in [1.54, 1.807) is 16.7 Å². The highest BCUT2D eigenvalue weighted by atomic mass is 14.3. The van der Waals surface area contributed by atoms with Gasteiger partial charge in [0.1, 0.15) is 0 Å². The Morgan fingerprint density at radius 2 is 2.08 bits per heavy atom. The highest BCUT2D eigenvalue weighted by molar-refractivity contribution is 5.32. The lowest BCUT2D eigenvalue weighted by molar-refractivity contribution is 0.350. The Bertz CT molecular complexity index is 256. The Balaban J connectivity index is 0.00000169. The maximum Gasteiger partial charge on any atom is 0 e. The van der Waals surface area contributed by atoms with Gasteiger partial charge < -0.3 is 0 Å². The van der Waals surface area contributed by atoms with Crippen LogP contribution in [-0.2, 0) is 0 Å². The number of hydrogen-bond donors (Lipinski definition) is 0. The molecule has 1 aliphatic carbocycles. The van der Waals surface area contributed by atoms with Crippen LogP contribution in [-0.4, -0.2) is 0 Å². The molecule has 0 saturated heterocycles. The molecule has 0 heterocycles. The molecule has 0 saturated carbocycles. The van der Waals surface area contributed by atoms with Crippen molar-refractivity contribution in [3.05, 3.63) is 22.8 Å². The molecule has 0 aromatic rings. The molecule has 0 aromatic heterocycles. The molecular formula is C13H24. The highest BCUT2D eigenvalue weighted by Crippen LogP contribution is 2.38. The average molecular weight is 180 g/mol. The van der Waals surface area contributed by atoms with E-state index in [0.29, 0.717) is 5.41 Å². The number of rotatable bonds is 1. The van der Waals surface area contributed by atoms with E-state index in [9.17, 15) is 0 Å². The minimum atomic E-state index is 0.